The van der Waals surface area contributed by atoms with Crippen LogP contribution in [0.15, 0.2) is 11.3 Å². The van der Waals surface area contributed by atoms with Crippen molar-refractivity contribution in [1.82, 2.24) is 0 Å². The number of ketones is 1. The minimum Gasteiger partial charge on any atom is -0.430 e. The van der Waals surface area contributed by atoms with E-state index in [9.17, 15) is 9.59 Å². The second-order valence-electron chi connectivity index (χ2n) is 14.9. The van der Waals surface area contributed by atoms with Crippen molar-refractivity contribution in [3.05, 3.63) is 11.3 Å². The Morgan fingerprint density at radius 3 is 2.03 bits per heavy atom. The lowest BCUT2D eigenvalue weighted by molar-refractivity contribution is -0.161. The normalized spacial score (nSPS) is 32.5. The summed E-state index contributed by atoms with van der Waals surface area (Å²) in [5, 5.41) is 0. The number of carbonyl (C=O) groups is 2. The Bertz CT molecular complexity index is 922. The zero-order valence-electron chi connectivity index (χ0n) is 24.6. The summed E-state index contributed by atoms with van der Waals surface area (Å²) in [5.74, 6) is -0.217. The van der Waals surface area contributed by atoms with Gasteiger partial charge in [-0.05, 0) is 57.9 Å². The zero-order valence-corrected chi connectivity index (χ0v) is 26.6. The predicted octanol–water partition coefficient (Wildman–Crippen LogP) is 7.03. The molecule has 3 rings (SSSR count). The molecular formula is C28H50O5Si2. The van der Waals surface area contributed by atoms with Gasteiger partial charge in [0.1, 0.15) is 5.76 Å². The van der Waals surface area contributed by atoms with Gasteiger partial charge >= 0.3 is 5.97 Å². The number of ether oxygens (including phenoxy) is 3. The summed E-state index contributed by atoms with van der Waals surface area (Å²) >= 11 is 0. The molecule has 0 unspecified atom stereocenters. The molecule has 0 radical (unpaired) electrons. The van der Waals surface area contributed by atoms with Crippen LogP contribution in [0.1, 0.15) is 81.1 Å². The fraction of sp³-hybridized carbons (Fsp3) is 0.857. The third kappa shape index (κ3) is 4.91. The molecule has 3 aliphatic rings. The first kappa shape index (κ1) is 28.8. The van der Waals surface area contributed by atoms with E-state index < -0.39 is 32.0 Å². The van der Waals surface area contributed by atoms with E-state index in [1.807, 2.05) is 27.7 Å². The molecule has 3 atom stereocenters. The highest BCUT2D eigenvalue weighted by Crippen LogP contribution is 2.65. The van der Waals surface area contributed by atoms with Crippen LogP contribution in [0.25, 0.3) is 0 Å². The molecule has 0 aromatic heterocycles. The number of Topliss-reactive ketones (excluding diaryl/α,β-unsaturated/α-hetero) is 1. The van der Waals surface area contributed by atoms with E-state index in [0.717, 1.165) is 18.4 Å². The van der Waals surface area contributed by atoms with E-state index in [4.69, 9.17) is 14.2 Å². The number of rotatable bonds is 6. The first-order chi connectivity index (χ1) is 15.6. The van der Waals surface area contributed by atoms with E-state index in [1.54, 1.807) is 0 Å². The Labute approximate surface area is 215 Å². The van der Waals surface area contributed by atoms with Gasteiger partial charge in [0.25, 0.3) is 0 Å². The second kappa shape index (κ2) is 8.64. The molecule has 35 heavy (non-hydrogen) atoms. The lowest BCUT2D eigenvalue weighted by Crippen LogP contribution is -2.63. The molecule has 0 saturated carbocycles. The van der Waals surface area contributed by atoms with E-state index in [0.29, 0.717) is 18.6 Å². The number of fused-ring (bicyclic) bond motifs is 1. The minimum absolute atomic E-state index is 0.109. The van der Waals surface area contributed by atoms with Gasteiger partial charge in [-0.3, -0.25) is 9.59 Å². The van der Waals surface area contributed by atoms with Gasteiger partial charge in [0, 0.05) is 38.5 Å². The van der Waals surface area contributed by atoms with Gasteiger partial charge in [-0.25, -0.2) is 0 Å². The SMILES string of the molecule is CC(C)C(=O)C1=C2OC(=O)C[C@@H]([Si](C)(C)[Si](C)(C)C)[C@@]2(C[C@H]2OC(C)(C)OC2(C)C)CCC1(C)C. The van der Waals surface area contributed by atoms with Gasteiger partial charge in [0.05, 0.1) is 11.7 Å². The molecule has 0 spiro atoms. The van der Waals surface area contributed by atoms with Gasteiger partial charge in [0.15, 0.2) is 11.6 Å². The molecule has 0 aromatic rings. The molecule has 7 heteroatoms. The highest BCUT2D eigenvalue weighted by Gasteiger charge is 2.64. The Kier molecular flexibility index (Phi) is 7.11. The van der Waals surface area contributed by atoms with Crippen molar-refractivity contribution in [1.29, 1.82) is 0 Å². The molecule has 0 bridgehead atoms. The van der Waals surface area contributed by atoms with E-state index in [1.165, 1.54) is 0 Å². The number of hydrogen-bond donors (Lipinski definition) is 0. The zero-order chi connectivity index (χ0) is 27.0. The van der Waals surface area contributed by atoms with Crippen molar-refractivity contribution in [2.24, 2.45) is 16.7 Å². The van der Waals surface area contributed by atoms with E-state index in [-0.39, 0.29) is 34.7 Å². The molecule has 0 N–H and O–H groups in total. The van der Waals surface area contributed by atoms with Crippen LogP contribution in [0.5, 0.6) is 0 Å². The summed E-state index contributed by atoms with van der Waals surface area (Å²) < 4.78 is 19.1. The van der Waals surface area contributed by atoms with E-state index >= 15 is 0 Å². The minimum atomic E-state index is -1.92. The van der Waals surface area contributed by atoms with Gasteiger partial charge in [-0.1, -0.05) is 60.4 Å². The predicted molar refractivity (Wildman–Crippen MR) is 146 cm³/mol. The van der Waals surface area contributed by atoms with Crippen molar-refractivity contribution < 1.29 is 23.8 Å². The van der Waals surface area contributed by atoms with Gasteiger partial charge in [-0.2, -0.15) is 0 Å². The van der Waals surface area contributed by atoms with E-state index in [2.05, 4.69) is 60.4 Å². The summed E-state index contributed by atoms with van der Waals surface area (Å²) in [6.45, 7) is 28.6. The third-order valence-corrected chi connectivity index (χ3v) is 28.6. The number of allylic oxidation sites excluding steroid dienone is 2. The molecule has 5 nitrogen and oxygen atoms in total. The van der Waals surface area contributed by atoms with Crippen LogP contribution in [-0.2, 0) is 23.8 Å². The standard InChI is InChI=1S/C28H50O5Si2/c1-18(2)23(30)22-24-28(15-14-25(22,3)4,17-19-26(5,6)33-27(7,8)32-19)20(16-21(29)31-24)35(12,13)34(9,10)11/h18-20H,14-17H2,1-13H3/t19-,20-,28+/m1/s1. The van der Waals surface area contributed by atoms with Crippen LogP contribution in [0, 0.1) is 16.7 Å². The largest absolute Gasteiger partial charge is 0.430 e. The fourth-order valence-electron chi connectivity index (χ4n) is 6.70. The third-order valence-electron chi connectivity index (χ3n) is 9.64. The Balaban J connectivity index is 2.33. The number of hydrogen-bond acceptors (Lipinski definition) is 5. The van der Waals surface area contributed by atoms with Crippen molar-refractivity contribution in [3.63, 3.8) is 0 Å². The Morgan fingerprint density at radius 1 is 1.00 bits per heavy atom. The van der Waals surface area contributed by atoms with Crippen LogP contribution in [0.2, 0.25) is 38.3 Å². The quantitative estimate of drug-likeness (QED) is 0.277. The summed E-state index contributed by atoms with van der Waals surface area (Å²) in [6, 6.07) is 0. The molecular weight excluding hydrogens is 472 g/mol. The molecule has 2 fully saturated rings. The van der Waals surface area contributed by atoms with Gasteiger partial charge < -0.3 is 14.2 Å². The maximum Gasteiger partial charge on any atom is 0.310 e. The fourth-order valence-corrected chi connectivity index (χ4v) is 14.5. The van der Waals surface area contributed by atoms with Gasteiger partial charge in [-0.15, -0.1) is 0 Å². The van der Waals surface area contributed by atoms with Crippen LogP contribution in [0.3, 0.4) is 0 Å². The van der Waals surface area contributed by atoms with Crippen LogP contribution >= 0.6 is 0 Å². The summed E-state index contributed by atoms with van der Waals surface area (Å²) in [6.07, 6.45) is 2.79. The molecule has 0 amide bonds. The monoisotopic (exact) mass is 522 g/mol. The summed E-state index contributed by atoms with van der Waals surface area (Å²) in [7, 11) is -3.52. The lowest BCUT2D eigenvalue weighted by Gasteiger charge is -2.58. The molecule has 0 aromatic carbocycles. The molecule has 2 heterocycles. The summed E-state index contributed by atoms with van der Waals surface area (Å²) in [4.78, 5) is 27.0. The second-order valence-corrected chi connectivity index (χ2v) is 31.9. The van der Waals surface area contributed by atoms with Gasteiger partial charge in [0.2, 0.25) is 0 Å². The smallest absolute Gasteiger partial charge is 0.310 e. The van der Waals surface area contributed by atoms with Crippen molar-refractivity contribution in [2.45, 2.75) is 137 Å². The first-order valence-corrected chi connectivity index (χ1v) is 21.0. The average Bonchev–Trinajstić information content (AvgIpc) is 2.86. The maximum absolute atomic E-state index is 13.8. The van der Waals surface area contributed by atoms with Crippen LogP contribution in [0.4, 0.5) is 0 Å². The first-order valence-electron chi connectivity index (χ1n) is 13.5. The molecule has 2 aliphatic heterocycles. The van der Waals surface area contributed by atoms with Crippen molar-refractivity contribution >= 4 is 26.9 Å². The average molecular weight is 523 g/mol. The lowest BCUT2D eigenvalue weighted by atomic mass is 9.58. The molecule has 2 saturated heterocycles. The Hall–Kier alpha value is -0.766. The highest BCUT2D eigenvalue weighted by molar-refractivity contribution is 7.40. The Morgan fingerprint density at radius 2 is 1.57 bits per heavy atom. The highest BCUT2D eigenvalue weighted by atomic mass is 29.3. The summed E-state index contributed by atoms with van der Waals surface area (Å²) in [5.41, 5.74) is -0.268. The molecule has 200 valence electrons. The van der Waals surface area contributed by atoms with Crippen molar-refractivity contribution in [2.75, 3.05) is 0 Å². The topological polar surface area (TPSA) is 61.8 Å². The number of carbonyl (C=O) groups excluding carboxylic acids is 2. The number of esters is 1. The van der Waals surface area contributed by atoms with Crippen LogP contribution in [-0.4, -0.2) is 44.4 Å². The maximum atomic E-state index is 13.8. The van der Waals surface area contributed by atoms with Crippen molar-refractivity contribution in [3.8, 4) is 0 Å². The van der Waals surface area contributed by atoms with Crippen LogP contribution < -0.4 is 0 Å². The molecule has 1 aliphatic carbocycles.